The van der Waals surface area contributed by atoms with Gasteiger partial charge in [0.05, 0.1) is 22.7 Å². The Bertz CT molecular complexity index is 672. The topological polar surface area (TPSA) is 98.9 Å². The number of primary amides is 1. The fraction of sp³-hybridized carbons (Fsp3) is 0.438. The lowest BCUT2D eigenvalue weighted by atomic mass is 10.0. The van der Waals surface area contributed by atoms with Crippen molar-refractivity contribution < 1.29 is 23.9 Å². The highest BCUT2D eigenvalue weighted by Crippen LogP contribution is 2.34. The standard InChI is InChI=1S/C16H18Cl2N2O5/c1-24-14-10(17)6-9(7-11(14)18)16(23)25-8-13(21)20-5-3-2-4-12(20)15(19)22/h6-7,12H,2-5,8H2,1H3,(H2,19,22)/t12-/m1/s1. The van der Waals surface area contributed by atoms with Crippen molar-refractivity contribution in [2.24, 2.45) is 5.73 Å². The van der Waals surface area contributed by atoms with E-state index in [9.17, 15) is 14.4 Å². The fourth-order valence-corrected chi connectivity index (χ4v) is 3.33. The Morgan fingerprint density at radius 1 is 1.24 bits per heavy atom. The van der Waals surface area contributed by atoms with E-state index >= 15 is 0 Å². The van der Waals surface area contributed by atoms with Gasteiger partial charge in [0, 0.05) is 6.54 Å². The summed E-state index contributed by atoms with van der Waals surface area (Å²) >= 11 is 11.9. The Hall–Kier alpha value is -1.99. The summed E-state index contributed by atoms with van der Waals surface area (Å²) in [5.74, 6) is -1.54. The number of nitrogens with two attached hydrogens (primary N) is 1. The number of rotatable bonds is 5. The number of hydrogen-bond donors (Lipinski definition) is 1. The van der Waals surface area contributed by atoms with Crippen molar-refractivity contribution in [1.29, 1.82) is 0 Å². The summed E-state index contributed by atoms with van der Waals surface area (Å²) in [4.78, 5) is 37.2. The van der Waals surface area contributed by atoms with Gasteiger partial charge in [0.15, 0.2) is 12.4 Å². The lowest BCUT2D eigenvalue weighted by Gasteiger charge is -2.33. The number of amides is 2. The second-order valence-corrected chi connectivity index (χ2v) is 6.36. The number of halogens is 2. The molecule has 1 fully saturated rings. The smallest absolute Gasteiger partial charge is 0.338 e. The first-order valence-corrected chi connectivity index (χ1v) is 8.39. The summed E-state index contributed by atoms with van der Waals surface area (Å²) < 4.78 is 10.0. The van der Waals surface area contributed by atoms with Crippen molar-refractivity contribution in [3.8, 4) is 5.75 Å². The molecular weight excluding hydrogens is 371 g/mol. The summed E-state index contributed by atoms with van der Waals surface area (Å²) in [6, 6.07) is 2.02. The minimum atomic E-state index is -0.757. The number of ether oxygens (including phenoxy) is 2. The van der Waals surface area contributed by atoms with E-state index < -0.39 is 30.4 Å². The average Bonchev–Trinajstić information content (AvgIpc) is 2.58. The van der Waals surface area contributed by atoms with E-state index in [-0.39, 0.29) is 21.4 Å². The average molecular weight is 389 g/mol. The van der Waals surface area contributed by atoms with E-state index in [0.717, 1.165) is 12.8 Å². The molecule has 1 aromatic rings. The normalized spacial score (nSPS) is 17.1. The number of benzene rings is 1. The Morgan fingerprint density at radius 3 is 2.44 bits per heavy atom. The van der Waals surface area contributed by atoms with Crippen LogP contribution in [-0.4, -0.2) is 49.0 Å². The Labute approximate surface area is 154 Å². The third-order valence-corrected chi connectivity index (χ3v) is 4.48. The van der Waals surface area contributed by atoms with E-state index in [1.807, 2.05) is 0 Å². The zero-order valence-corrected chi connectivity index (χ0v) is 15.1. The van der Waals surface area contributed by atoms with Crippen LogP contribution < -0.4 is 10.5 Å². The Balaban J connectivity index is 2.02. The molecule has 0 bridgehead atoms. The van der Waals surface area contributed by atoms with Crippen LogP contribution in [0.5, 0.6) is 5.75 Å². The molecule has 136 valence electrons. The van der Waals surface area contributed by atoms with Crippen LogP contribution in [0.15, 0.2) is 12.1 Å². The van der Waals surface area contributed by atoms with E-state index in [1.165, 1.54) is 24.1 Å². The molecule has 25 heavy (non-hydrogen) atoms. The van der Waals surface area contributed by atoms with E-state index in [4.69, 9.17) is 38.4 Å². The van der Waals surface area contributed by atoms with Gasteiger partial charge in [-0.3, -0.25) is 9.59 Å². The predicted molar refractivity (Wildman–Crippen MR) is 91.8 cm³/mol. The maximum Gasteiger partial charge on any atom is 0.338 e. The molecule has 9 heteroatoms. The Morgan fingerprint density at radius 2 is 1.88 bits per heavy atom. The highest BCUT2D eigenvalue weighted by molar-refractivity contribution is 6.37. The van der Waals surface area contributed by atoms with Gasteiger partial charge in [0.25, 0.3) is 5.91 Å². The number of nitrogens with zero attached hydrogens (tertiary/aromatic N) is 1. The SMILES string of the molecule is COc1c(Cl)cc(C(=O)OCC(=O)N2CCCC[C@@H]2C(N)=O)cc1Cl. The zero-order valence-electron chi connectivity index (χ0n) is 13.6. The van der Waals surface area contributed by atoms with Gasteiger partial charge in [-0.05, 0) is 31.4 Å². The monoisotopic (exact) mass is 388 g/mol. The third kappa shape index (κ3) is 4.55. The van der Waals surface area contributed by atoms with Crippen LogP contribution in [0, 0.1) is 0 Å². The number of carbonyl (C=O) groups is 3. The molecule has 1 aliphatic rings. The molecule has 7 nitrogen and oxygen atoms in total. The van der Waals surface area contributed by atoms with Gasteiger partial charge in [-0.1, -0.05) is 23.2 Å². The van der Waals surface area contributed by atoms with Crippen LogP contribution in [0.3, 0.4) is 0 Å². The maximum absolute atomic E-state index is 12.3. The molecule has 0 unspecified atom stereocenters. The molecule has 2 amide bonds. The van der Waals surface area contributed by atoms with Gasteiger partial charge in [0.1, 0.15) is 6.04 Å². The van der Waals surface area contributed by atoms with Crippen molar-refractivity contribution in [2.75, 3.05) is 20.3 Å². The molecule has 0 saturated carbocycles. The number of esters is 1. The molecular formula is C16H18Cl2N2O5. The van der Waals surface area contributed by atoms with Crippen LogP contribution in [0.2, 0.25) is 10.0 Å². The second kappa shape index (κ2) is 8.40. The highest BCUT2D eigenvalue weighted by atomic mass is 35.5. The minimum absolute atomic E-state index is 0.0914. The van der Waals surface area contributed by atoms with Crippen molar-refractivity contribution >= 4 is 41.0 Å². The lowest BCUT2D eigenvalue weighted by molar-refractivity contribution is -0.143. The molecule has 2 rings (SSSR count). The van der Waals surface area contributed by atoms with Gasteiger partial charge in [0.2, 0.25) is 5.91 Å². The van der Waals surface area contributed by atoms with E-state index in [0.29, 0.717) is 13.0 Å². The van der Waals surface area contributed by atoms with Gasteiger partial charge in [-0.15, -0.1) is 0 Å². The highest BCUT2D eigenvalue weighted by Gasteiger charge is 2.31. The quantitative estimate of drug-likeness (QED) is 0.777. The number of piperidine rings is 1. The molecule has 2 N–H and O–H groups in total. The van der Waals surface area contributed by atoms with Crippen molar-refractivity contribution in [3.63, 3.8) is 0 Å². The first-order chi connectivity index (χ1) is 11.8. The molecule has 1 atom stereocenters. The number of carbonyl (C=O) groups excluding carboxylic acids is 3. The molecule has 0 aliphatic carbocycles. The first-order valence-electron chi connectivity index (χ1n) is 7.64. The van der Waals surface area contributed by atoms with Crippen LogP contribution in [-0.2, 0) is 14.3 Å². The molecule has 0 aromatic heterocycles. The van der Waals surface area contributed by atoms with Gasteiger partial charge in [-0.2, -0.15) is 0 Å². The minimum Gasteiger partial charge on any atom is -0.494 e. The molecule has 0 radical (unpaired) electrons. The van der Waals surface area contributed by atoms with Crippen molar-refractivity contribution in [2.45, 2.75) is 25.3 Å². The van der Waals surface area contributed by atoms with E-state index in [1.54, 1.807) is 0 Å². The zero-order chi connectivity index (χ0) is 18.6. The summed E-state index contributed by atoms with van der Waals surface area (Å²) in [6.45, 7) is -0.0892. The fourth-order valence-electron chi connectivity index (χ4n) is 2.69. The Kier molecular flexibility index (Phi) is 6.50. The van der Waals surface area contributed by atoms with Crippen LogP contribution in [0.25, 0.3) is 0 Å². The second-order valence-electron chi connectivity index (χ2n) is 5.55. The van der Waals surface area contributed by atoms with Gasteiger partial charge >= 0.3 is 5.97 Å². The summed E-state index contributed by atoms with van der Waals surface area (Å²) in [7, 11) is 1.40. The summed E-state index contributed by atoms with van der Waals surface area (Å²) in [5.41, 5.74) is 5.41. The van der Waals surface area contributed by atoms with Crippen LogP contribution >= 0.6 is 23.2 Å². The van der Waals surface area contributed by atoms with E-state index in [2.05, 4.69) is 0 Å². The van der Waals surface area contributed by atoms with Crippen LogP contribution in [0.4, 0.5) is 0 Å². The van der Waals surface area contributed by atoms with Gasteiger partial charge < -0.3 is 20.1 Å². The molecule has 1 saturated heterocycles. The predicted octanol–water partition coefficient (Wildman–Crippen LogP) is 2.03. The third-order valence-electron chi connectivity index (χ3n) is 3.92. The number of hydrogen-bond acceptors (Lipinski definition) is 5. The van der Waals surface area contributed by atoms with Crippen molar-refractivity contribution in [1.82, 2.24) is 4.90 Å². The molecule has 1 aliphatic heterocycles. The summed E-state index contributed by atoms with van der Waals surface area (Å²) in [6.07, 6.45) is 2.10. The maximum atomic E-state index is 12.3. The van der Waals surface area contributed by atoms with Gasteiger partial charge in [-0.25, -0.2) is 4.79 Å². The summed E-state index contributed by atoms with van der Waals surface area (Å²) in [5, 5.41) is 0.302. The molecule has 1 heterocycles. The number of methoxy groups -OCH3 is 1. The van der Waals surface area contributed by atoms with Crippen LogP contribution in [0.1, 0.15) is 29.6 Å². The molecule has 1 aromatic carbocycles. The lowest BCUT2D eigenvalue weighted by Crippen LogP contribution is -2.51. The first kappa shape index (κ1) is 19.3. The van der Waals surface area contributed by atoms with Crippen molar-refractivity contribution in [3.05, 3.63) is 27.7 Å². The molecule has 0 spiro atoms. The number of likely N-dealkylation sites (tertiary alicyclic amines) is 1. The largest absolute Gasteiger partial charge is 0.494 e.